The smallest absolute Gasteiger partial charge is 0.361 e. The molecule has 27 heavy (non-hydrogen) atoms. The van der Waals surface area contributed by atoms with E-state index in [1.165, 1.54) is 16.3 Å². The molecular formula is C17H20N6O3S. The van der Waals surface area contributed by atoms with E-state index < -0.39 is 0 Å². The summed E-state index contributed by atoms with van der Waals surface area (Å²) < 4.78 is 11.3. The number of ether oxygens (including phenoxy) is 1. The van der Waals surface area contributed by atoms with Crippen molar-refractivity contribution >= 4 is 44.8 Å². The van der Waals surface area contributed by atoms with E-state index >= 15 is 0 Å². The summed E-state index contributed by atoms with van der Waals surface area (Å²) in [6, 6.07) is 5.41. The van der Waals surface area contributed by atoms with Crippen LogP contribution in [0.1, 0.15) is 42.3 Å². The number of carbonyl (C=O) groups excluding carboxylic acids is 1. The van der Waals surface area contributed by atoms with Gasteiger partial charge in [0.15, 0.2) is 0 Å². The van der Waals surface area contributed by atoms with Crippen LogP contribution in [-0.4, -0.2) is 29.8 Å². The number of benzene rings is 1. The molecule has 3 rings (SSSR count). The quantitative estimate of drug-likeness (QED) is 0.289. The van der Waals surface area contributed by atoms with Gasteiger partial charge in [0.2, 0.25) is 5.89 Å². The van der Waals surface area contributed by atoms with Crippen LogP contribution < -0.4 is 10.9 Å². The minimum absolute atomic E-state index is 0.0778. The predicted octanol–water partition coefficient (Wildman–Crippen LogP) is 4.31. The van der Waals surface area contributed by atoms with Crippen LogP contribution in [0.5, 0.6) is 0 Å². The Morgan fingerprint density at radius 3 is 2.78 bits per heavy atom. The number of nitrogens with two attached hydrogens (primary N) is 1. The number of rotatable bonds is 6. The van der Waals surface area contributed by atoms with Gasteiger partial charge in [-0.15, -0.1) is 21.5 Å². The molecule has 0 unspecified atom stereocenters. The second-order valence-corrected chi connectivity index (χ2v) is 7.12. The lowest BCUT2D eigenvalue weighted by Gasteiger charge is -2.13. The first-order valence-electron chi connectivity index (χ1n) is 8.38. The normalized spacial score (nSPS) is 11.6. The summed E-state index contributed by atoms with van der Waals surface area (Å²) in [5.74, 6) is 6.12. The van der Waals surface area contributed by atoms with E-state index in [4.69, 9.17) is 15.0 Å². The number of anilines is 1. The van der Waals surface area contributed by atoms with Gasteiger partial charge in [-0.3, -0.25) is 0 Å². The molecule has 2 heterocycles. The largest absolute Gasteiger partial charge is 0.462 e. The van der Waals surface area contributed by atoms with Crippen LogP contribution in [0, 0.1) is 0 Å². The summed E-state index contributed by atoms with van der Waals surface area (Å²) in [6.45, 7) is 5.96. The molecule has 0 radical (unpaired) electrons. The molecule has 0 saturated heterocycles. The number of azo groups is 1. The maximum atomic E-state index is 12.1. The first kappa shape index (κ1) is 18.9. The molecule has 2 aromatic heterocycles. The predicted molar refractivity (Wildman–Crippen MR) is 103 cm³/mol. The van der Waals surface area contributed by atoms with Gasteiger partial charge < -0.3 is 14.2 Å². The molecule has 0 amide bonds. The standard InChI is InChI=1S/C17H20N6O3S/c1-5-25-16(24)13-8-10-12(23(4)18)7-6-11(14(10)27-13)19-21-17-22-20-15(26-17)9(2)3/h6-9H,5,18H2,1-4H3. The zero-order valence-corrected chi connectivity index (χ0v) is 16.3. The number of fused-ring (bicyclic) bond motifs is 1. The number of hydrogen-bond donors (Lipinski definition) is 1. The van der Waals surface area contributed by atoms with Crippen LogP contribution in [0.15, 0.2) is 32.8 Å². The molecule has 0 aliphatic heterocycles. The second-order valence-electron chi connectivity index (χ2n) is 6.07. The summed E-state index contributed by atoms with van der Waals surface area (Å²) in [4.78, 5) is 12.6. The molecule has 1 aromatic carbocycles. The lowest BCUT2D eigenvalue weighted by molar-refractivity contribution is 0.0532. The van der Waals surface area contributed by atoms with Crippen molar-refractivity contribution in [3.05, 3.63) is 29.0 Å². The number of aromatic nitrogens is 2. The van der Waals surface area contributed by atoms with Gasteiger partial charge in [-0.05, 0) is 25.1 Å². The van der Waals surface area contributed by atoms with Crippen LogP contribution in [0.4, 0.5) is 17.4 Å². The third-order valence-corrected chi connectivity index (χ3v) is 4.80. The van der Waals surface area contributed by atoms with E-state index in [2.05, 4.69) is 20.4 Å². The highest BCUT2D eigenvalue weighted by atomic mass is 32.1. The summed E-state index contributed by atoms with van der Waals surface area (Å²) in [7, 11) is 1.73. The maximum absolute atomic E-state index is 12.1. The van der Waals surface area contributed by atoms with Crippen LogP contribution in [0.3, 0.4) is 0 Å². The first-order chi connectivity index (χ1) is 12.9. The summed E-state index contributed by atoms with van der Waals surface area (Å²) in [5, 5.41) is 18.3. The Morgan fingerprint density at radius 1 is 1.37 bits per heavy atom. The molecule has 0 spiro atoms. The number of thiophene rings is 1. The number of hydrazine groups is 1. The monoisotopic (exact) mass is 388 g/mol. The van der Waals surface area contributed by atoms with Gasteiger partial charge in [-0.2, -0.15) is 0 Å². The second kappa shape index (κ2) is 7.80. The van der Waals surface area contributed by atoms with Gasteiger partial charge in [0, 0.05) is 18.4 Å². The van der Waals surface area contributed by atoms with Gasteiger partial charge >= 0.3 is 12.0 Å². The van der Waals surface area contributed by atoms with E-state index in [0.29, 0.717) is 23.1 Å². The average Bonchev–Trinajstić information content (AvgIpc) is 3.27. The van der Waals surface area contributed by atoms with Crippen LogP contribution in [0.25, 0.3) is 10.1 Å². The van der Waals surface area contributed by atoms with E-state index in [1.807, 2.05) is 19.9 Å². The lowest BCUT2D eigenvalue weighted by Crippen LogP contribution is -2.24. The van der Waals surface area contributed by atoms with Gasteiger partial charge in [0.05, 0.1) is 17.0 Å². The molecule has 0 atom stereocenters. The van der Waals surface area contributed by atoms with Crippen LogP contribution in [0.2, 0.25) is 0 Å². The zero-order chi connectivity index (χ0) is 19.6. The minimum atomic E-state index is -0.384. The van der Waals surface area contributed by atoms with Gasteiger partial charge in [-0.1, -0.05) is 24.1 Å². The molecule has 9 nitrogen and oxygen atoms in total. The molecule has 0 saturated carbocycles. The van der Waals surface area contributed by atoms with Crippen molar-refractivity contribution in [1.29, 1.82) is 0 Å². The number of hydrogen-bond acceptors (Lipinski definition) is 10. The number of nitrogens with zero attached hydrogens (tertiary/aromatic N) is 5. The van der Waals surface area contributed by atoms with Crippen molar-refractivity contribution in [2.75, 3.05) is 18.7 Å². The molecule has 0 bridgehead atoms. The summed E-state index contributed by atoms with van der Waals surface area (Å²) in [6.07, 6.45) is 0. The van der Waals surface area contributed by atoms with E-state index in [9.17, 15) is 4.79 Å². The van der Waals surface area contributed by atoms with Gasteiger partial charge in [0.25, 0.3) is 0 Å². The van der Waals surface area contributed by atoms with Crippen molar-refractivity contribution in [1.82, 2.24) is 10.2 Å². The Morgan fingerprint density at radius 2 is 2.15 bits per heavy atom. The number of esters is 1. The van der Waals surface area contributed by atoms with Crippen LogP contribution in [-0.2, 0) is 4.74 Å². The minimum Gasteiger partial charge on any atom is -0.462 e. The SMILES string of the molecule is CCOC(=O)c1cc2c(N(C)N)ccc(N=Nc3nnc(C(C)C)o3)c2s1. The Hall–Kier alpha value is -2.85. The summed E-state index contributed by atoms with van der Waals surface area (Å²) in [5.41, 5.74) is 1.33. The fourth-order valence-corrected chi connectivity index (χ4v) is 3.41. The highest BCUT2D eigenvalue weighted by molar-refractivity contribution is 7.21. The third kappa shape index (κ3) is 3.96. The van der Waals surface area contributed by atoms with Crippen molar-refractivity contribution in [2.45, 2.75) is 26.7 Å². The third-order valence-electron chi connectivity index (χ3n) is 3.66. The van der Waals surface area contributed by atoms with Crippen molar-refractivity contribution in [2.24, 2.45) is 16.1 Å². The highest BCUT2D eigenvalue weighted by Gasteiger charge is 2.17. The molecule has 0 fully saturated rings. The molecule has 2 N–H and O–H groups in total. The van der Waals surface area contributed by atoms with E-state index in [0.717, 1.165) is 15.8 Å². The fourth-order valence-electron chi connectivity index (χ4n) is 2.38. The number of carbonyl (C=O) groups is 1. The Bertz CT molecular complexity index is 992. The fraction of sp³-hybridized carbons (Fsp3) is 0.353. The molecule has 3 aromatic rings. The lowest BCUT2D eigenvalue weighted by atomic mass is 10.2. The van der Waals surface area contributed by atoms with E-state index in [-0.39, 0.29) is 17.9 Å². The Balaban J connectivity index is 2.02. The Labute approximate surface area is 159 Å². The van der Waals surface area contributed by atoms with Crippen molar-refractivity contribution < 1.29 is 13.9 Å². The highest BCUT2D eigenvalue weighted by Crippen LogP contribution is 2.39. The van der Waals surface area contributed by atoms with Gasteiger partial charge in [0.1, 0.15) is 10.6 Å². The zero-order valence-electron chi connectivity index (χ0n) is 15.5. The topological polar surface area (TPSA) is 119 Å². The first-order valence-corrected chi connectivity index (χ1v) is 9.19. The molecular weight excluding hydrogens is 368 g/mol. The maximum Gasteiger partial charge on any atom is 0.361 e. The molecule has 0 aliphatic rings. The van der Waals surface area contributed by atoms with Crippen LogP contribution >= 0.6 is 11.3 Å². The Kier molecular flexibility index (Phi) is 5.47. The van der Waals surface area contributed by atoms with E-state index in [1.54, 1.807) is 26.1 Å². The average molecular weight is 388 g/mol. The molecule has 10 heteroatoms. The van der Waals surface area contributed by atoms with Crippen molar-refractivity contribution in [3.8, 4) is 0 Å². The van der Waals surface area contributed by atoms with Gasteiger partial charge in [-0.25, -0.2) is 10.6 Å². The van der Waals surface area contributed by atoms with Crippen molar-refractivity contribution in [3.63, 3.8) is 0 Å². The summed E-state index contributed by atoms with van der Waals surface area (Å²) >= 11 is 1.27. The molecule has 142 valence electrons. The molecule has 0 aliphatic carbocycles.